The number of amides is 1. The van der Waals surface area contributed by atoms with Gasteiger partial charge in [-0.15, -0.1) is 0 Å². The van der Waals surface area contributed by atoms with Crippen molar-refractivity contribution in [3.63, 3.8) is 0 Å². The second kappa shape index (κ2) is 3.27. The van der Waals surface area contributed by atoms with Crippen molar-refractivity contribution in [2.45, 2.75) is 25.0 Å². The molecule has 15 heavy (non-hydrogen) atoms. The maximum absolute atomic E-state index is 11.5. The molecular weight excluding hydrogens is 206 g/mol. The highest BCUT2D eigenvalue weighted by Gasteiger charge is 2.25. The maximum atomic E-state index is 11.5. The van der Waals surface area contributed by atoms with E-state index in [-0.39, 0.29) is 10.7 Å². The highest BCUT2D eigenvalue weighted by molar-refractivity contribution is 7.81. The van der Waals surface area contributed by atoms with Gasteiger partial charge in [-0.2, -0.15) is 12.6 Å². The van der Waals surface area contributed by atoms with Gasteiger partial charge < -0.3 is 4.90 Å². The van der Waals surface area contributed by atoms with Gasteiger partial charge in [0.25, 0.3) is 0 Å². The van der Waals surface area contributed by atoms with Crippen LogP contribution >= 0.6 is 12.6 Å². The van der Waals surface area contributed by atoms with Crippen molar-refractivity contribution < 1.29 is 4.79 Å². The topological polar surface area (TPSA) is 20.3 Å². The second-order valence-electron chi connectivity index (χ2n) is 4.53. The van der Waals surface area contributed by atoms with Crippen molar-refractivity contribution in [3.8, 4) is 0 Å². The Morgan fingerprint density at radius 3 is 2.67 bits per heavy atom. The number of thiol groups is 1. The molecule has 0 atom stereocenters. The Morgan fingerprint density at radius 2 is 2.07 bits per heavy atom. The predicted octanol–water partition coefficient (Wildman–Crippen LogP) is 2.37. The summed E-state index contributed by atoms with van der Waals surface area (Å²) < 4.78 is -0.154. The molecule has 0 N–H and O–H groups in total. The van der Waals surface area contributed by atoms with Gasteiger partial charge in [0.05, 0.1) is 6.42 Å². The van der Waals surface area contributed by atoms with Crippen molar-refractivity contribution in [1.29, 1.82) is 0 Å². The number of rotatable bonds is 1. The summed E-state index contributed by atoms with van der Waals surface area (Å²) in [5.74, 6) is 0.166. The van der Waals surface area contributed by atoms with E-state index >= 15 is 0 Å². The van der Waals surface area contributed by atoms with Crippen LogP contribution in [0.1, 0.15) is 25.0 Å². The molecule has 1 aromatic carbocycles. The minimum absolute atomic E-state index is 0.154. The van der Waals surface area contributed by atoms with Gasteiger partial charge >= 0.3 is 0 Å². The number of anilines is 1. The van der Waals surface area contributed by atoms with Crippen LogP contribution in [0.3, 0.4) is 0 Å². The fourth-order valence-electron chi connectivity index (χ4n) is 1.85. The third-order valence-electron chi connectivity index (χ3n) is 2.86. The van der Waals surface area contributed by atoms with Crippen molar-refractivity contribution >= 4 is 24.2 Å². The average Bonchev–Trinajstić information content (AvgIpc) is 2.41. The van der Waals surface area contributed by atoms with E-state index in [1.165, 1.54) is 0 Å². The van der Waals surface area contributed by atoms with Gasteiger partial charge in [0.2, 0.25) is 5.91 Å². The van der Waals surface area contributed by atoms with E-state index in [4.69, 9.17) is 0 Å². The van der Waals surface area contributed by atoms with E-state index in [1.807, 2.05) is 19.2 Å². The molecule has 0 spiro atoms. The quantitative estimate of drug-likeness (QED) is 0.722. The number of benzene rings is 1. The SMILES string of the molecule is CN1C(=O)Cc2cc(C(C)(C)S)ccc21. The average molecular weight is 221 g/mol. The lowest BCUT2D eigenvalue weighted by molar-refractivity contribution is -0.117. The van der Waals surface area contributed by atoms with Gasteiger partial charge in [-0.1, -0.05) is 12.1 Å². The first-order valence-electron chi connectivity index (χ1n) is 5.02. The molecule has 1 amide bonds. The van der Waals surface area contributed by atoms with Crippen LogP contribution in [0.2, 0.25) is 0 Å². The van der Waals surface area contributed by atoms with Crippen LogP contribution in [0.4, 0.5) is 5.69 Å². The highest BCUT2D eigenvalue weighted by Crippen LogP contribution is 2.34. The van der Waals surface area contributed by atoms with E-state index in [0.29, 0.717) is 6.42 Å². The number of carbonyl (C=O) groups is 1. The zero-order valence-corrected chi connectivity index (χ0v) is 10.1. The summed E-state index contributed by atoms with van der Waals surface area (Å²) in [7, 11) is 1.82. The lowest BCUT2D eigenvalue weighted by Crippen LogP contribution is -2.20. The van der Waals surface area contributed by atoms with E-state index in [1.54, 1.807) is 4.90 Å². The van der Waals surface area contributed by atoms with Gasteiger partial charge in [0.1, 0.15) is 0 Å². The third-order valence-corrected chi connectivity index (χ3v) is 3.12. The Morgan fingerprint density at radius 1 is 1.40 bits per heavy atom. The predicted molar refractivity (Wildman–Crippen MR) is 65.6 cm³/mol. The molecule has 0 aliphatic carbocycles. The van der Waals surface area contributed by atoms with E-state index in [2.05, 4.69) is 32.5 Å². The molecular formula is C12H15NOS. The van der Waals surface area contributed by atoms with Crippen LogP contribution in [-0.4, -0.2) is 13.0 Å². The summed E-state index contributed by atoms with van der Waals surface area (Å²) in [6, 6.07) is 6.14. The van der Waals surface area contributed by atoms with Gasteiger partial charge in [-0.3, -0.25) is 4.79 Å². The Kier molecular flexibility index (Phi) is 2.30. The smallest absolute Gasteiger partial charge is 0.231 e. The van der Waals surface area contributed by atoms with Gasteiger partial charge in [-0.05, 0) is 31.0 Å². The maximum Gasteiger partial charge on any atom is 0.231 e. The van der Waals surface area contributed by atoms with Gasteiger partial charge in [0, 0.05) is 17.5 Å². The Bertz CT molecular complexity index is 420. The Balaban J connectivity index is 2.47. The molecule has 1 heterocycles. The first-order valence-corrected chi connectivity index (χ1v) is 5.46. The number of hydrogen-bond donors (Lipinski definition) is 1. The van der Waals surface area contributed by atoms with Crippen molar-refractivity contribution in [2.75, 3.05) is 11.9 Å². The molecule has 2 nitrogen and oxygen atoms in total. The molecule has 1 aromatic rings. The van der Waals surface area contributed by atoms with Crippen LogP contribution in [-0.2, 0) is 16.0 Å². The number of carbonyl (C=O) groups excluding carboxylic acids is 1. The molecule has 0 bridgehead atoms. The number of likely N-dealkylation sites (N-methyl/N-ethyl adjacent to an activating group) is 1. The normalized spacial score (nSPS) is 15.7. The molecule has 1 aliphatic rings. The van der Waals surface area contributed by atoms with Crippen molar-refractivity contribution in [3.05, 3.63) is 29.3 Å². The van der Waals surface area contributed by atoms with Gasteiger partial charge in [-0.25, -0.2) is 0 Å². The molecule has 2 rings (SSSR count). The van der Waals surface area contributed by atoms with Crippen LogP contribution in [0.25, 0.3) is 0 Å². The largest absolute Gasteiger partial charge is 0.315 e. The molecule has 80 valence electrons. The van der Waals surface area contributed by atoms with Crippen LogP contribution in [0.5, 0.6) is 0 Å². The molecule has 0 saturated carbocycles. The Hall–Kier alpha value is -0.960. The fraction of sp³-hybridized carbons (Fsp3) is 0.417. The van der Waals surface area contributed by atoms with E-state index in [9.17, 15) is 4.79 Å². The summed E-state index contributed by atoms with van der Waals surface area (Å²) in [5.41, 5.74) is 3.30. The first kappa shape index (κ1) is 10.6. The zero-order chi connectivity index (χ0) is 11.2. The molecule has 0 saturated heterocycles. The first-order chi connectivity index (χ1) is 6.89. The van der Waals surface area contributed by atoms with Gasteiger partial charge in [0.15, 0.2) is 0 Å². The van der Waals surface area contributed by atoms with Crippen LogP contribution in [0.15, 0.2) is 18.2 Å². The highest BCUT2D eigenvalue weighted by atomic mass is 32.1. The molecule has 0 radical (unpaired) electrons. The van der Waals surface area contributed by atoms with Crippen molar-refractivity contribution in [2.24, 2.45) is 0 Å². The molecule has 0 unspecified atom stereocenters. The van der Waals surface area contributed by atoms with E-state index in [0.717, 1.165) is 16.8 Å². The minimum Gasteiger partial charge on any atom is -0.315 e. The second-order valence-corrected chi connectivity index (χ2v) is 5.65. The molecule has 0 aromatic heterocycles. The monoisotopic (exact) mass is 221 g/mol. The number of fused-ring (bicyclic) bond motifs is 1. The summed E-state index contributed by atoms with van der Waals surface area (Å²) >= 11 is 4.53. The zero-order valence-electron chi connectivity index (χ0n) is 9.24. The minimum atomic E-state index is -0.154. The van der Waals surface area contributed by atoms with Crippen molar-refractivity contribution in [1.82, 2.24) is 0 Å². The third kappa shape index (κ3) is 1.76. The number of hydrogen-bond acceptors (Lipinski definition) is 2. The standard InChI is InChI=1S/C12H15NOS/c1-12(2,15)9-4-5-10-8(6-9)7-11(14)13(10)3/h4-6,15H,7H2,1-3H3. The fourth-order valence-corrected chi connectivity index (χ4v) is 1.99. The summed E-state index contributed by atoms with van der Waals surface area (Å²) in [6.45, 7) is 4.11. The molecule has 1 aliphatic heterocycles. The Labute approximate surface area is 95.7 Å². The van der Waals surface area contributed by atoms with Crippen LogP contribution in [0, 0.1) is 0 Å². The molecule has 3 heteroatoms. The van der Waals surface area contributed by atoms with Crippen LogP contribution < -0.4 is 4.90 Å². The molecule has 0 fully saturated rings. The lowest BCUT2D eigenvalue weighted by Gasteiger charge is -2.19. The lowest BCUT2D eigenvalue weighted by atomic mass is 9.99. The van der Waals surface area contributed by atoms with E-state index < -0.39 is 0 Å². The number of nitrogens with zero attached hydrogens (tertiary/aromatic N) is 1. The summed E-state index contributed by atoms with van der Waals surface area (Å²) in [5, 5.41) is 0. The summed E-state index contributed by atoms with van der Waals surface area (Å²) in [4.78, 5) is 13.2. The summed E-state index contributed by atoms with van der Waals surface area (Å²) in [6.07, 6.45) is 0.517.